The number of nitrogens with zero attached hydrogens (tertiary/aromatic N) is 1. The molecule has 0 radical (unpaired) electrons. The van der Waals surface area contributed by atoms with Crippen molar-refractivity contribution in [3.05, 3.63) is 47.4 Å². The smallest absolute Gasteiger partial charge is 0.302 e. The fourth-order valence-electron chi connectivity index (χ4n) is 1.92. The number of hydrogen-bond acceptors (Lipinski definition) is 4. The van der Waals surface area contributed by atoms with Crippen LogP contribution in [0.2, 0.25) is 0 Å². The summed E-state index contributed by atoms with van der Waals surface area (Å²) in [4.78, 5) is 27.3. The number of amides is 2. The van der Waals surface area contributed by atoms with Gasteiger partial charge in [-0.2, -0.15) is 4.98 Å². The Labute approximate surface area is 129 Å². The summed E-state index contributed by atoms with van der Waals surface area (Å²) >= 11 is 0. The van der Waals surface area contributed by atoms with E-state index in [0.717, 1.165) is 31.2 Å². The highest BCUT2D eigenvalue weighted by Gasteiger charge is 2.30. The number of carbonyl (C=O) groups is 2. The van der Waals surface area contributed by atoms with E-state index < -0.39 is 17.5 Å². The normalized spacial score (nSPS) is 13.7. The number of nitrogens with one attached hydrogen (secondary N) is 2. The Morgan fingerprint density at radius 1 is 1.30 bits per heavy atom. The Morgan fingerprint density at radius 3 is 2.78 bits per heavy atom. The molecule has 6 nitrogen and oxygen atoms in total. The summed E-state index contributed by atoms with van der Waals surface area (Å²) in [6, 6.07) is 3.03. The maximum absolute atomic E-state index is 13.5. The van der Waals surface area contributed by atoms with Crippen LogP contribution in [0.4, 0.5) is 14.8 Å². The van der Waals surface area contributed by atoms with Crippen LogP contribution in [-0.4, -0.2) is 16.8 Å². The minimum Gasteiger partial charge on any atom is -0.431 e. The fraction of sp³-hybridized carbons (Fsp3) is 0.267. The second-order valence-corrected chi connectivity index (χ2v) is 5.22. The van der Waals surface area contributed by atoms with Crippen LogP contribution < -0.4 is 10.6 Å². The number of anilines is 1. The Balaban J connectivity index is 1.57. The molecule has 0 bridgehead atoms. The lowest BCUT2D eigenvalue weighted by molar-refractivity contribution is -0.117. The molecule has 1 aliphatic rings. The van der Waals surface area contributed by atoms with Crippen molar-refractivity contribution in [2.75, 3.05) is 5.32 Å². The predicted molar refractivity (Wildman–Crippen MR) is 75.4 cm³/mol. The molecule has 0 saturated heterocycles. The minimum atomic E-state index is -0.747. The third-order valence-corrected chi connectivity index (χ3v) is 3.37. The topological polar surface area (TPSA) is 84.2 Å². The van der Waals surface area contributed by atoms with Gasteiger partial charge in [0.05, 0.1) is 0 Å². The van der Waals surface area contributed by atoms with Gasteiger partial charge in [0.1, 0.15) is 17.9 Å². The molecule has 0 spiro atoms. The summed E-state index contributed by atoms with van der Waals surface area (Å²) in [6.45, 7) is -0.123. The molecule has 0 unspecified atom stereocenters. The lowest BCUT2D eigenvalue weighted by atomic mass is 10.2. The van der Waals surface area contributed by atoms with Crippen molar-refractivity contribution in [2.24, 2.45) is 5.92 Å². The highest BCUT2D eigenvalue weighted by molar-refractivity contribution is 5.94. The molecule has 23 heavy (non-hydrogen) atoms. The van der Waals surface area contributed by atoms with Crippen LogP contribution in [0.15, 0.2) is 28.9 Å². The van der Waals surface area contributed by atoms with E-state index in [1.165, 1.54) is 6.07 Å². The summed E-state index contributed by atoms with van der Waals surface area (Å²) in [5.41, 5.74) is 0.101. The molecule has 0 aliphatic heterocycles. The number of carbonyl (C=O) groups excluding carboxylic acids is 2. The Hall–Kier alpha value is -2.77. The summed E-state index contributed by atoms with van der Waals surface area (Å²) in [6.07, 6.45) is 2.77. The third-order valence-electron chi connectivity index (χ3n) is 3.37. The molecule has 1 aromatic heterocycles. The first-order chi connectivity index (χ1) is 11.0. The van der Waals surface area contributed by atoms with Crippen LogP contribution in [-0.2, 0) is 11.3 Å². The van der Waals surface area contributed by atoms with Crippen LogP contribution >= 0.6 is 0 Å². The van der Waals surface area contributed by atoms with Crippen molar-refractivity contribution in [2.45, 2.75) is 19.4 Å². The molecule has 1 fully saturated rings. The largest absolute Gasteiger partial charge is 0.431 e. The second kappa shape index (κ2) is 6.15. The first-order valence-electron chi connectivity index (χ1n) is 7.01. The monoisotopic (exact) mass is 321 g/mol. The maximum Gasteiger partial charge on any atom is 0.302 e. The summed E-state index contributed by atoms with van der Waals surface area (Å²) < 4.78 is 31.3. The van der Waals surface area contributed by atoms with Gasteiger partial charge in [0.2, 0.25) is 5.91 Å². The molecule has 120 valence electrons. The van der Waals surface area contributed by atoms with Crippen LogP contribution in [0.25, 0.3) is 0 Å². The molecular weight excluding hydrogens is 308 g/mol. The molecule has 1 aromatic carbocycles. The molecule has 3 rings (SSSR count). The third kappa shape index (κ3) is 3.71. The minimum absolute atomic E-state index is 0.0133. The number of aromatic nitrogens is 1. The zero-order valence-electron chi connectivity index (χ0n) is 11.9. The predicted octanol–water partition coefficient (Wildman–Crippen LogP) is 2.23. The molecule has 1 aliphatic carbocycles. The van der Waals surface area contributed by atoms with E-state index in [2.05, 4.69) is 15.6 Å². The molecule has 1 saturated carbocycles. The molecular formula is C15H13F2N3O3. The van der Waals surface area contributed by atoms with Crippen molar-refractivity contribution in [1.29, 1.82) is 0 Å². The maximum atomic E-state index is 13.5. The van der Waals surface area contributed by atoms with Gasteiger partial charge in [-0.15, -0.1) is 0 Å². The van der Waals surface area contributed by atoms with E-state index in [1.54, 1.807) is 0 Å². The van der Waals surface area contributed by atoms with E-state index >= 15 is 0 Å². The quantitative estimate of drug-likeness (QED) is 0.884. The van der Waals surface area contributed by atoms with Crippen molar-refractivity contribution in [3.63, 3.8) is 0 Å². The molecule has 8 heteroatoms. The first kappa shape index (κ1) is 15.1. The molecule has 1 heterocycles. The van der Waals surface area contributed by atoms with Crippen LogP contribution in [0.1, 0.15) is 28.9 Å². The van der Waals surface area contributed by atoms with Gasteiger partial charge in [-0.05, 0) is 18.9 Å². The molecule has 0 atom stereocenters. The van der Waals surface area contributed by atoms with E-state index in [9.17, 15) is 18.4 Å². The fourth-order valence-corrected chi connectivity index (χ4v) is 1.92. The Morgan fingerprint density at radius 2 is 2.09 bits per heavy atom. The number of oxazole rings is 1. The lowest BCUT2D eigenvalue weighted by Crippen LogP contribution is -2.23. The summed E-state index contributed by atoms with van der Waals surface area (Å²) in [5.74, 6) is -2.23. The van der Waals surface area contributed by atoms with Crippen LogP contribution in [0, 0.1) is 17.6 Å². The van der Waals surface area contributed by atoms with Crippen molar-refractivity contribution >= 4 is 17.8 Å². The SMILES string of the molecule is O=C(NCc1ccc(F)cc1F)c1coc(NC(=O)C2CC2)n1. The van der Waals surface area contributed by atoms with Gasteiger partial charge in [0.15, 0.2) is 5.69 Å². The number of hydrogen-bond donors (Lipinski definition) is 2. The molecule has 2 N–H and O–H groups in total. The number of halogens is 2. The Bertz CT molecular complexity index is 756. The van der Waals surface area contributed by atoms with Gasteiger partial charge in [0.25, 0.3) is 5.91 Å². The van der Waals surface area contributed by atoms with Gasteiger partial charge in [-0.3, -0.25) is 14.9 Å². The van der Waals surface area contributed by atoms with Crippen molar-refractivity contribution in [3.8, 4) is 0 Å². The summed E-state index contributed by atoms with van der Waals surface area (Å²) in [7, 11) is 0. The van der Waals surface area contributed by atoms with Gasteiger partial charge < -0.3 is 9.73 Å². The zero-order chi connectivity index (χ0) is 16.4. The lowest BCUT2D eigenvalue weighted by Gasteiger charge is -2.04. The van der Waals surface area contributed by atoms with Gasteiger partial charge in [-0.25, -0.2) is 8.78 Å². The van der Waals surface area contributed by atoms with Gasteiger partial charge >= 0.3 is 6.01 Å². The van der Waals surface area contributed by atoms with E-state index in [1.807, 2.05) is 0 Å². The van der Waals surface area contributed by atoms with Crippen LogP contribution in [0.5, 0.6) is 0 Å². The standard InChI is InChI=1S/C15H13F2N3O3/c16-10-4-3-9(11(17)5-10)6-18-14(22)12-7-23-15(19-12)20-13(21)8-1-2-8/h3-5,7-8H,1-2,6H2,(H,18,22)(H,19,20,21). The van der Waals surface area contributed by atoms with Gasteiger partial charge in [0, 0.05) is 24.1 Å². The number of rotatable bonds is 5. The Kier molecular flexibility index (Phi) is 4.05. The van der Waals surface area contributed by atoms with E-state index in [-0.39, 0.29) is 35.6 Å². The zero-order valence-corrected chi connectivity index (χ0v) is 11.9. The highest BCUT2D eigenvalue weighted by atomic mass is 19.1. The number of benzene rings is 1. The van der Waals surface area contributed by atoms with Crippen LogP contribution in [0.3, 0.4) is 0 Å². The van der Waals surface area contributed by atoms with Crippen molar-refractivity contribution < 1.29 is 22.8 Å². The van der Waals surface area contributed by atoms with E-state index in [0.29, 0.717) is 0 Å². The average molecular weight is 321 g/mol. The highest BCUT2D eigenvalue weighted by Crippen LogP contribution is 2.30. The van der Waals surface area contributed by atoms with Gasteiger partial charge in [-0.1, -0.05) is 6.07 Å². The first-order valence-corrected chi connectivity index (χ1v) is 7.01. The molecule has 2 amide bonds. The average Bonchev–Trinajstić information content (AvgIpc) is 3.26. The van der Waals surface area contributed by atoms with Crippen molar-refractivity contribution in [1.82, 2.24) is 10.3 Å². The summed E-state index contributed by atoms with van der Waals surface area (Å²) in [5, 5.41) is 4.91. The molecule has 2 aromatic rings. The second-order valence-electron chi connectivity index (χ2n) is 5.22. The van der Waals surface area contributed by atoms with E-state index in [4.69, 9.17) is 4.42 Å².